The summed E-state index contributed by atoms with van der Waals surface area (Å²) in [6.45, 7) is 0.744. The van der Waals surface area contributed by atoms with Gasteiger partial charge in [-0.15, -0.1) is 0 Å². The second kappa shape index (κ2) is 8.33. The molecule has 2 rings (SSSR count). The average molecular weight is 333 g/mol. The second-order valence-electron chi connectivity index (χ2n) is 4.76. The lowest BCUT2D eigenvalue weighted by Crippen LogP contribution is -2.28. The van der Waals surface area contributed by atoms with Crippen molar-refractivity contribution in [1.82, 2.24) is 5.32 Å². The lowest BCUT2D eigenvalue weighted by atomic mass is 10.2. The first kappa shape index (κ1) is 17.0. The zero-order valence-electron chi connectivity index (χ0n) is 13.1. The van der Waals surface area contributed by atoms with Crippen molar-refractivity contribution in [1.29, 1.82) is 0 Å². The third-order valence-electron chi connectivity index (χ3n) is 3.15. The number of ether oxygens (including phenoxy) is 2. The zero-order chi connectivity index (χ0) is 16.7. The van der Waals surface area contributed by atoms with Gasteiger partial charge >= 0.3 is 0 Å². The molecule has 0 aromatic heterocycles. The summed E-state index contributed by atoms with van der Waals surface area (Å²) in [5.41, 5.74) is 0.528. The van der Waals surface area contributed by atoms with Gasteiger partial charge in [-0.25, -0.2) is 0 Å². The van der Waals surface area contributed by atoms with Gasteiger partial charge in [0.05, 0.1) is 13.7 Å². The molecule has 2 aromatic carbocycles. The molecule has 2 aromatic rings. The highest BCUT2D eigenvalue weighted by Crippen LogP contribution is 2.18. The highest BCUT2D eigenvalue weighted by atomic mass is 32.2. The van der Waals surface area contributed by atoms with Gasteiger partial charge < -0.3 is 14.8 Å². The van der Waals surface area contributed by atoms with Crippen LogP contribution in [0, 0.1) is 0 Å². The fraction of sp³-hybridized carbons (Fsp3) is 0.235. The summed E-state index contributed by atoms with van der Waals surface area (Å²) in [6, 6.07) is 14.0. The molecule has 1 unspecified atom stereocenters. The summed E-state index contributed by atoms with van der Waals surface area (Å²) < 4.78 is 22.0. The Balaban J connectivity index is 1.79. The molecule has 6 heteroatoms. The summed E-state index contributed by atoms with van der Waals surface area (Å²) in [4.78, 5) is 12.7. The van der Waals surface area contributed by atoms with Crippen LogP contribution in [0.15, 0.2) is 53.4 Å². The lowest BCUT2D eigenvalue weighted by Gasteiger charge is -2.09. The Morgan fingerprint density at radius 3 is 2.48 bits per heavy atom. The van der Waals surface area contributed by atoms with E-state index in [1.807, 2.05) is 18.2 Å². The minimum Gasteiger partial charge on any atom is -0.497 e. The van der Waals surface area contributed by atoms with Gasteiger partial charge in [-0.2, -0.15) is 0 Å². The van der Waals surface area contributed by atoms with Crippen LogP contribution in [0.2, 0.25) is 0 Å². The largest absolute Gasteiger partial charge is 0.497 e. The predicted molar refractivity (Wildman–Crippen MR) is 89.6 cm³/mol. The Kier molecular flexibility index (Phi) is 6.17. The van der Waals surface area contributed by atoms with E-state index in [0.717, 1.165) is 5.75 Å². The van der Waals surface area contributed by atoms with Gasteiger partial charge in [-0.1, -0.05) is 6.07 Å². The molecule has 0 fully saturated rings. The summed E-state index contributed by atoms with van der Waals surface area (Å²) in [7, 11) is 0.553. The van der Waals surface area contributed by atoms with Crippen LogP contribution >= 0.6 is 0 Å². The standard InChI is InChI=1S/C17H19NO4S/c1-21-14-4-3-5-15(12-14)22-11-10-18-17(19)13-6-8-16(9-7-13)23(2)20/h3-9,12H,10-11H2,1-2H3,(H,18,19). The fourth-order valence-electron chi connectivity index (χ4n) is 1.92. The molecular formula is C17H19NO4S. The van der Waals surface area contributed by atoms with Crippen LogP contribution in [-0.4, -0.2) is 36.6 Å². The van der Waals surface area contributed by atoms with Crippen molar-refractivity contribution in [2.75, 3.05) is 26.5 Å². The van der Waals surface area contributed by atoms with Crippen LogP contribution in [0.1, 0.15) is 10.4 Å². The smallest absolute Gasteiger partial charge is 0.251 e. The van der Waals surface area contributed by atoms with Crippen molar-refractivity contribution < 1.29 is 18.5 Å². The van der Waals surface area contributed by atoms with E-state index in [4.69, 9.17) is 9.47 Å². The van der Waals surface area contributed by atoms with Crippen molar-refractivity contribution in [2.45, 2.75) is 4.90 Å². The van der Waals surface area contributed by atoms with Crippen molar-refractivity contribution in [3.8, 4) is 11.5 Å². The highest BCUT2D eigenvalue weighted by molar-refractivity contribution is 7.84. The molecule has 0 aliphatic heterocycles. The molecule has 1 atom stereocenters. The SMILES string of the molecule is COc1cccc(OCCNC(=O)c2ccc(S(C)=O)cc2)c1. The predicted octanol–water partition coefficient (Wildman–Crippen LogP) is 2.24. The molecule has 1 N–H and O–H groups in total. The molecule has 1 amide bonds. The Labute approximate surface area is 138 Å². The maximum atomic E-state index is 12.0. The Hall–Kier alpha value is -2.34. The number of nitrogens with one attached hydrogen (secondary N) is 1. The summed E-state index contributed by atoms with van der Waals surface area (Å²) in [6.07, 6.45) is 1.60. The molecule has 0 saturated carbocycles. The Bertz CT molecular complexity index is 685. The van der Waals surface area contributed by atoms with E-state index >= 15 is 0 Å². The summed E-state index contributed by atoms with van der Waals surface area (Å²) in [5, 5.41) is 2.78. The Morgan fingerprint density at radius 1 is 1.13 bits per heavy atom. The molecule has 0 saturated heterocycles. The molecular weight excluding hydrogens is 314 g/mol. The van der Waals surface area contributed by atoms with Crippen LogP contribution in [0.4, 0.5) is 0 Å². The molecule has 23 heavy (non-hydrogen) atoms. The van der Waals surface area contributed by atoms with E-state index in [1.165, 1.54) is 0 Å². The molecule has 122 valence electrons. The molecule has 0 radical (unpaired) electrons. The third kappa shape index (κ3) is 5.10. The quantitative estimate of drug-likeness (QED) is 0.789. The molecule has 0 bridgehead atoms. The zero-order valence-corrected chi connectivity index (χ0v) is 13.9. The van der Waals surface area contributed by atoms with Gasteiger partial charge in [-0.05, 0) is 36.4 Å². The van der Waals surface area contributed by atoms with E-state index < -0.39 is 10.8 Å². The van der Waals surface area contributed by atoms with Crippen molar-refractivity contribution in [3.05, 3.63) is 54.1 Å². The molecule has 0 heterocycles. The highest BCUT2D eigenvalue weighted by Gasteiger charge is 2.06. The van der Waals surface area contributed by atoms with Crippen molar-refractivity contribution in [3.63, 3.8) is 0 Å². The van der Waals surface area contributed by atoms with Gasteiger partial charge in [-0.3, -0.25) is 9.00 Å². The molecule has 0 aliphatic rings. The first-order chi connectivity index (χ1) is 11.1. The minimum atomic E-state index is -1.04. The van der Waals surface area contributed by atoms with E-state index in [-0.39, 0.29) is 5.91 Å². The van der Waals surface area contributed by atoms with Crippen LogP contribution in [0.5, 0.6) is 11.5 Å². The van der Waals surface area contributed by atoms with Crippen molar-refractivity contribution in [2.24, 2.45) is 0 Å². The minimum absolute atomic E-state index is 0.187. The molecule has 0 aliphatic carbocycles. The van der Waals surface area contributed by atoms with Gasteiger partial charge in [0.2, 0.25) is 0 Å². The maximum Gasteiger partial charge on any atom is 0.251 e. The van der Waals surface area contributed by atoms with E-state index in [9.17, 15) is 9.00 Å². The normalized spacial score (nSPS) is 11.6. The van der Waals surface area contributed by atoms with Crippen LogP contribution in [0.25, 0.3) is 0 Å². The van der Waals surface area contributed by atoms with Gasteiger partial charge in [0.1, 0.15) is 18.1 Å². The van der Waals surface area contributed by atoms with E-state index in [2.05, 4.69) is 5.32 Å². The second-order valence-corrected chi connectivity index (χ2v) is 6.14. The third-order valence-corrected chi connectivity index (χ3v) is 4.08. The van der Waals surface area contributed by atoms with Crippen molar-refractivity contribution >= 4 is 16.7 Å². The van der Waals surface area contributed by atoms with Crippen LogP contribution < -0.4 is 14.8 Å². The number of benzene rings is 2. The number of hydrogen-bond donors (Lipinski definition) is 1. The maximum absolute atomic E-state index is 12.0. The molecule has 0 spiro atoms. The van der Waals surface area contributed by atoms with Crippen LogP contribution in [-0.2, 0) is 10.8 Å². The lowest BCUT2D eigenvalue weighted by molar-refractivity contribution is 0.0947. The Morgan fingerprint density at radius 2 is 1.83 bits per heavy atom. The van der Waals surface area contributed by atoms with Gasteiger partial charge in [0.15, 0.2) is 0 Å². The number of methoxy groups -OCH3 is 1. The van der Waals surface area contributed by atoms with Gasteiger partial charge in [0.25, 0.3) is 5.91 Å². The van der Waals surface area contributed by atoms with E-state index in [1.54, 1.807) is 43.7 Å². The van der Waals surface area contributed by atoms with Crippen LogP contribution in [0.3, 0.4) is 0 Å². The number of hydrogen-bond acceptors (Lipinski definition) is 4. The number of amides is 1. The fourth-order valence-corrected chi connectivity index (χ4v) is 2.44. The average Bonchev–Trinajstić information content (AvgIpc) is 2.58. The topological polar surface area (TPSA) is 64.6 Å². The van der Waals surface area contributed by atoms with E-state index in [0.29, 0.717) is 29.4 Å². The monoisotopic (exact) mass is 333 g/mol. The molecule has 5 nitrogen and oxygen atoms in total. The summed E-state index contributed by atoms with van der Waals surface area (Å²) in [5.74, 6) is 1.22. The van der Waals surface area contributed by atoms with Gasteiger partial charge in [0, 0.05) is 33.6 Å². The number of rotatable bonds is 7. The summed E-state index contributed by atoms with van der Waals surface area (Å²) >= 11 is 0. The first-order valence-corrected chi connectivity index (χ1v) is 8.64. The number of carbonyl (C=O) groups is 1. The first-order valence-electron chi connectivity index (χ1n) is 7.08. The number of carbonyl (C=O) groups excluding carboxylic acids is 1.